The van der Waals surface area contributed by atoms with Crippen molar-refractivity contribution in [2.45, 2.75) is 51.0 Å². The van der Waals surface area contributed by atoms with Crippen molar-refractivity contribution in [2.75, 3.05) is 20.1 Å². The van der Waals surface area contributed by atoms with Crippen molar-refractivity contribution in [3.8, 4) is 0 Å². The molecule has 0 aromatic carbocycles. The lowest BCUT2D eigenvalue weighted by atomic mass is 9.92. The summed E-state index contributed by atoms with van der Waals surface area (Å²) in [6.07, 6.45) is 10.2. The molecule has 120 valence electrons. The molecule has 5 nitrogen and oxygen atoms in total. The van der Waals surface area contributed by atoms with Crippen LogP contribution in [0.4, 0.5) is 0 Å². The van der Waals surface area contributed by atoms with E-state index in [-0.39, 0.29) is 11.8 Å². The monoisotopic (exact) mass is 302 g/mol. The fourth-order valence-corrected chi connectivity index (χ4v) is 3.64. The summed E-state index contributed by atoms with van der Waals surface area (Å²) in [7, 11) is 2.16. The van der Waals surface area contributed by atoms with E-state index in [1.54, 1.807) is 12.4 Å². The first-order valence-electron chi connectivity index (χ1n) is 8.50. The second-order valence-electron chi connectivity index (χ2n) is 6.67. The predicted octanol–water partition coefficient (Wildman–Crippen LogP) is 2.09. The first-order valence-corrected chi connectivity index (χ1v) is 8.50. The smallest absolute Gasteiger partial charge is 0.223 e. The van der Waals surface area contributed by atoms with Crippen molar-refractivity contribution < 1.29 is 4.79 Å². The lowest BCUT2D eigenvalue weighted by molar-refractivity contribution is -0.125. The van der Waals surface area contributed by atoms with Gasteiger partial charge in [-0.05, 0) is 45.8 Å². The fourth-order valence-electron chi connectivity index (χ4n) is 3.64. The van der Waals surface area contributed by atoms with Crippen LogP contribution in [0, 0.1) is 5.92 Å². The Hall–Kier alpha value is -1.49. The molecule has 1 saturated carbocycles. The zero-order valence-electron chi connectivity index (χ0n) is 13.4. The number of hydrogen-bond acceptors (Lipinski definition) is 4. The number of aromatic nitrogens is 2. The molecule has 1 aromatic rings. The Morgan fingerprint density at radius 3 is 2.59 bits per heavy atom. The van der Waals surface area contributed by atoms with Crippen molar-refractivity contribution in [2.24, 2.45) is 5.92 Å². The average molecular weight is 302 g/mol. The molecule has 2 aliphatic rings. The van der Waals surface area contributed by atoms with E-state index >= 15 is 0 Å². The molecule has 1 saturated heterocycles. The van der Waals surface area contributed by atoms with Crippen LogP contribution in [0.1, 0.15) is 55.8 Å². The van der Waals surface area contributed by atoms with Gasteiger partial charge in [-0.1, -0.05) is 12.8 Å². The molecule has 0 radical (unpaired) electrons. The fraction of sp³-hybridized carbons (Fsp3) is 0.706. The summed E-state index contributed by atoms with van der Waals surface area (Å²) >= 11 is 0. The molecule has 1 aliphatic heterocycles. The van der Waals surface area contributed by atoms with Gasteiger partial charge in [0.25, 0.3) is 0 Å². The van der Waals surface area contributed by atoms with Gasteiger partial charge in [0.05, 0.1) is 17.9 Å². The van der Waals surface area contributed by atoms with Gasteiger partial charge in [0.1, 0.15) is 0 Å². The summed E-state index contributed by atoms with van der Waals surface area (Å²) in [4.78, 5) is 23.6. The van der Waals surface area contributed by atoms with Crippen LogP contribution < -0.4 is 5.32 Å². The third-order valence-electron chi connectivity index (χ3n) is 5.07. The second kappa shape index (κ2) is 7.18. The summed E-state index contributed by atoms with van der Waals surface area (Å²) < 4.78 is 0. The highest BCUT2D eigenvalue weighted by Crippen LogP contribution is 2.28. The Bertz CT molecular complexity index is 505. The highest BCUT2D eigenvalue weighted by Gasteiger charge is 2.25. The Morgan fingerprint density at radius 1 is 1.18 bits per heavy atom. The van der Waals surface area contributed by atoms with Gasteiger partial charge in [0.2, 0.25) is 5.91 Å². The maximum absolute atomic E-state index is 12.2. The predicted molar refractivity (Wildman–Crippen MR) is 85.3 cm³/mol. The zero-order valence-corrected chi connectivity index (χ0v) is 13.4. The Morgan fingerprint density at radius 2 is 1.86 bits per heavy atom. The standard InChI is InChI=1S/C17H26N4O/c1-21-10-6-13(7-11-21)16-15(18-8-9-19-16)12-20-17(22)14-4-2-3-5-14/h8-9,13-14H,2-7,10-12H2,1H3,(H,20,22). The molecule has 5 heteroatoms. The van der Waals surface area contributed by atoms with Crippen LogP contribution in [0.15, 0.2) is 12.4 Å². The van der Waals surface area contributed by atoms with Gasteiger partial charge in [-0.2, -0.15) is 0 Å². The molecule has 22 heavy (non-hydrogen) atoms. The SMILES string of the molecule is CN1CCC(c2nccnc2CNC(=O)C2CCCC2)CC1. The Balaban J connectivity index is 1.62. The number of nitrogens with one attached hydrogen (secondary N) is 1. The van der Waals surface area contributed by atoms with Gasteiger partial charge in [-0.3, -0.25) is 14.8 Å². The van der Waals surface area contributed by atoms with E-state index in [2.05, 4.69) is 27.2 Å². The number of likely N-dealkylation sites (tertiary alicyclic amines) is 1. The minimum absolute atomic E-state index is 0.192. The molecule has 1 aliphatic carbocycles. The number of piperidine rings is 1. The third-order valence-corrected chi connectivity index (χ3v) is 5.07. The molecule has 0 atom stereocenters. The zero-order chi connectivity index (χ0) is 15.4. The van der Waals surface area contributed by atoms with Gasteiger partial charge in [0.15, 0.2) is 0 Å². The number of carbonyl (C=O) groups excluding carboxylic acids is 1. The van der Waals surface area contributed by atoms with Crippen molar-refractivity contribution in [1.82, 2.24) is 20.2 Å². The van der Waals surface area contributed by atoms with Gasteiger partial charge < -0.3 is 10.2 Å². The van der Waals surface area contributed by atoms with Crippen LogP contribution in [0.25, 0.3) is 0 Å². The molecule has 3 rings (SSSR count). The van der Waals surface area contributed by atoms with Crippen molar-refractivity contribution in [3.05, 3.63) is 23.8 Å². The number of hydrogen-bond donors (Lipinski definition) is 1. The quantitative estimate of drug-likeness (QED) is 0.925. The maximum atomic E-state index is 12.2. The summed E-state index contributed by atoms with van der Waals surface area (Å²) in [6.45, 7) is 2.73. The van der Waals surface area contributed by atoms with Crippen LogP contribution >= 0.6 is 0 Å². The number of amides is 1. The number of rotatable bonds is 4. The topological polar surface area (TPSA) is 58.1 Å². The van der Waals surface area contributed by atoms with Gasteiger partial charge >= 0.3 is 0 Å². The second-order valence-corrected chi connectivity index (χ2v) is 6.67. The Kier molecular flexibility index (Phi) is 5.03. The molecular formula is C17H26N4O. The number of nitrogens with zero attached hydrogens (tertiary/aromatic N) is 3. The average Bonchev–Trinajstić information content (AvgIpc) is 3.08. The largest absolute Gasteiger partial charge is 0.350 e. The minimum Gasteiger partial charge on any atom is -0.350 e. The van der Waals surface area contributed by atoms with E-state index in [1.807, 2.05) is 0 Å². The van der Waals surface area contributed by atoms with Crippen molar-refractivity contribution in [1.29, 1.82) is 0 Å². The molecule has 0 unspecified atom stereocenters. The molecule has 0 spiro atoms. The van der Waals surface area contributed by atoms with Crippen molar-refractivity contribution in [3.63, 3.8) is 0 Å². The minimum atomic E-state index is 0.192. The third kappa shape index (κ3) is 3.64. The molecule has 2 fully saturated rings. The highest BCUT2D eigenvalue weighted by atomic mass is 16.1. The maximum Gasteiger partial charge on any atom is 0.223 e. The van der Waals surface area contributed by atoms with E-state index in [0.29, 0.717) is 12.5 Å². The molecule has 1 amide bonds. The first-order chi connectivity index (χ1) is 10.7. The van der Waals surface area contributed by atoms with E-state index < -0.39 is 0 Å². The van der Waals surface area contributed by atoms with Crippen LogP contribution in [0.3, 0.4) is 0 Å². The summed E-state index contributed by atoms with van der Waals surface area (Å²) in [6, 6.07) is 0. The molecule has 1 N–H and O–H groups in total. The lowest BCUT2D eigenvalue weighted by Crippen LogP contribution is -2.32. The molecule has 1 aromatic heterocycles. The highest BCUT2D eigenvalue weighted by molar-refractivity contribution is 5.78. The normalized spacial score (nSPS) is 21.1. The molecular weight excluding hydrogens is 276 g/mol. The molecule has 2 heterocycles. The van der Waals surface area contributed by atoms with E-state index in [0.717, 1.165) is 50.2 Å². The van der Waals surface area contributed by atoms with E-state index in [1.165, 1.54) is 12.8 Å². The van der Waals surface area contributed by atoms with Crippen molar-refractivity contribution >= 4 is 5.91 Å². The van der Waals surface area contributed by atoms with Crippen LogP contribution in [-0.2, 0) is 11.3 Å². The molecule has 0 bridgehead atoms. The number of carbonyl (C=O) groups is 1. The van der Waals surface area contributed by atoms with Crippen LogP contribution in [0.5, 0.6) is 0 Å². The first kappa shape index (κ1) is 15.4. The van der Waals surface area contributed by atoms with E-state index in [4.69, 9.17) is 0 Å². The van der Waals surface area contributed by atoms with E-state index in [9.17, 15) is 4.79 Å². The van der Waals surface area contributed by atoms with Gasteiger partial charge in [0, 0.05) is 24.2 Å². The Labute approximate surface area is 132 Å². The van der Waals surface area contributed by atoms with Crippen LogP contribution in [0.2, 0.25) is 0 Å². The summed E-state index contributed by atoms with van der Waals surface area (Å²) in [5.41, 5.74) is 2.03. The van der Waals surface area contributed by atoms with Crippen LogP contribution in [-0.4, -0.2) is 40.9 Å². The van der Waals surface area contributed by atoms with Gasteiger partial charge in [-0.15, -0.1) is 0 Å². The summed E-state index contributed by atoms with van der Waals surface area (Å²) in [5, 5.41) is 3.08. The lowest BCUT2D eigenvalue weighted by Gasteiger charge is -2.29. The summed E-state index contributed by atoms with van der Waals surface area (Å²) in [5.74, 6) is 0.879. The van der Waals surface area contributed by atoms with Gasteiger partial charge in [-0.25, -0.2) is 0 Å².